The molecule has 1 amide bonds. The molecule has 1 saturated heterocycles. The van der Waals surface area contributed by atoms with Crippen LogP contribution in [0.1, 0.15) is 5.56 Å². The van der Waals surface area contributed by atoms with E-state index in [0.717, 1.165) is 23.9 Å². The van der Waals surface area contributed by atoms with Gasteiger partial charge < -0.3 is 9.50 Å². The van der Waals surface area contributed by atoms with Crippen LogP contribution in [0.15, 0.2) is 58.3 Å². The Bertz CT molecular complexity index is 1090. The summed E-state index contributed by atoms with van der Waals surface area (Å²) < 4.78 is 30.6. The van der Waals surface area contributed by atoms with Crippen molar-refractivity contribution in [2.75, 3.05) is 0 Å². The molecule has 3 rings (SSSR count). The Morgan fingerprint density at radius 2 is 1.81 bits per heavy atom. The zero-order chi connectivity index (χ0) is 19.6. The van der Waals surface area contributed by atoms with E-state index in [-0.39, 0.29) is 15.0 Å². The van der Waals surface area contributed by atoms with Gasteiger partial charge in [-0.2, -0.15) is 8.42 Å². The standard InChI is InChI=1S/C16H10N2O6S3/c19-15-13(26-16(25)17-15)9-10-5-1-3-7-12(10)24-27(22,23)14-8-4-2-6-11(14)18(20)21/h1-9H,(H,17,19,25)/b13-9-. The Hall–Kier alpha value is -2.76. The molecule has 0 bridgehead atoms. The number of nitrogens with zero attached hydrogens (tertiary/aromatic N) is 1. The maximum atomic E-state index is 12.6. The van der Waals surface area contributed by atoms with E-state index in [1.807, 2.05) is 0 Å². The Morgan fingerprint density at radius 1 is 1.15 bits per heavy atom. The molecule has 27 heavy (non-hydrogen) atoms. The van der Waals surface area contributed by atoms with Crippen molar-refractivity contribution in [3.8, 4) is 5.75 Å². The van der Waals surface area contributed by atoms with Gasteiger partial charge in [0.05, 0.1) is 9.83 Å². The molecule has 1 aliphatic rings. The van der Waals surface area contributed by atoms with Crippen LogP contribution in [0.5, 0.6) is 5.75 Å². The third-order valence-corrected chi connectivity index (χ3v) is 5.82. The van der Waals surface area contributed by atoms with E-state index < -0.39 is 31.5 Å². The number of carbonyl (C=O) groups is 1. The number of rotatable bonds is 5. The first-order valence-corrected chi connectivity index (χ1v) is 9.93. The average molecular weight is 422 g/mol. The molecule has 1 heterocycles. The smallest absolute Gasteiger partial charge is 0.346 e. The predicted molar refractivity (Wildman–Crippen MR) is 104 cm³/mol. The second kappa shape index (κ2) is 7.47. The highest BCUT2D eigenvalue weighted by Crippen LogP contribution is 2.32. The van der Waals surface area contributed by atoms with Gasteiger partial charge in [0.15, 0.2) is 4.90 Å². The number of hydrogen-bond donors (Lipinski definition) is 1. The molecular formula is C16H10N2O6S3. The van der Waals surface area contributed by atoms with Crippen LogP contribution in [0.3, 0.4) is 0 Å². The second-order valence-electron chi connectivity index (χ2n) is 5.15. The van der Waals surface area contributed by atoms with Crippen molar-refractivity contribution >= 4 is 56.1 Å². The van der Waals surface area contributed by atoms with E-state index in [1.165, 1.54) is 24.3 Å². The fraction of sp³-hybridized carbons (Fsp3) is 0. The molecule has 138 valence electrons. The topological polar surface area (TPSA) is 116 Å². The molecule has 1 fully saturated rings. The van der Waals surface area contributed by atoms with Crippen molar-refractivity contribution < 1.29 is 22.3 Å². The maximum Gasteiger partial charge on any atom is 0.346 e. The van der Waals surface area contributed by atoms with Crippen LogP contribution in [0.2, 0.25) is 0 Å². The van der Waals surface area contributed by atoms with E-state index in [1.54, 1.807) is 18.2 Å². The molecule has 2 aromatic carbocycles. The number of nitrogens with one attached hydrogen (secondary N) is 1. The zero-order valence-corrected chi connectivity index (χ0v) is 15.8. The van der Waals surface area contributed by atoms with Crippen molar-refractivity contribution in [1.29, 1.82) is 0 Å². The summed E-state index contributed by atoms with van der Waals surface area (Å²) in [5.41, 5.74) is -0.286. The van der Waals surface area contributed by atoms with Gasteiger partial charge in [-0.3, -0.25) is 14.9 Å². The van der Waals surface area contributed by atoms with Gasteiger partial charge in [0.1, 0.15) is 10.1 Å². The molecule has 0 aliphatic carbocycles. The Labute approximate surface area is 163 Å². The lowest BCUT2D eigenvalue weighted by atomic mass is 10.2. The number of amides is 1. The molecule has 0 atom stereocenters. The molecule has 0 saturated carbocycles. The predicted octanol–water partition coefficient (Wildman–Crippen LogP) is 2.85. The molecule has 2 aromatic rings. The number of benzene rings is 2. The van der Waals surface area contributed by atoms with E-state index >= 15 is 0 Å². The lowest BCUT2D eigenvalue weighted by molar-refractivity contribution is -0.387. The summed E-state index contributed by atoms with van der Waals surface area (Å²) in [6.45, 7) is 0. The van der Waals surface area contributed by atoms with Gasteiger partial charge >= 0.3 is 10.1 Å². The van der Waals surface area contributed by atoms with E-state index in [2.05, 4.69) is 5.32 Å². The van der Waals surface area contributed by atoms with Crippen LogP contribution in [0.25, 0.3) is 6.08 Å². The van der Waals surface area contributed by atoms with Crippen molar-refractivity contribution in [3.05, 3.63) is 69.1 Å². The van der Waals surface area contributed by atoms with Crippen molar-refractivity contribution in [2.45, 2.75) is 4.90 Å². The summed E-state index contributed by atoms with van der Waals surface area (Å²) in [7, 11) is -4.47. The van der Waals surface area contributed by atoms with Crippen molar-refractivity contribution in [2.24, 2.45) is 0 Å². The number of para-hydroxylation sites is 2. The summed E-state index contributed by atoms with van der Waals surface area (Å²) in [6, 6.07) is 11.0. The van der Waals surface area contributed by atoms with Crippen molar-refractivity contribution in [1.82, 2.24) is 5.32 Å². The highest BCUT2D eigenvalue weighted by molar-refractivity contribution is 8.26. The lowest BCUT2D eigenvalue weighted by Crippen LogP contribution is -2.17. The first-order valence-electron chi connectivity index (χ1n) is 7.30. The number of thioether (sulfide) groups is 1. The van der Waals surface area contributed by atoms with E-state index in [0.29, 0.717) is 5.56 Å². The summed E-state index contributed by atoms with van der Waals surface area (Å²) in [6.07, 6.45) is 1.43. The monoisotopic (exact) mass is 422 g/mol. The molecular weight excluding hydrogens is 412 g/mol. The second-order valence-corrected chi connectivity index (χ2v) is 8.39. The van der Waals surface area contributed by atoms with Gasteiger partial charge in [0.2, 0.25) is 0 Å². The van der Waals surface area contributed by atoms with Gasteiger partial charge in [-0.15, -0.1) is 0 Å². The normalized spacial score (nSPS) is 15.6. The minimum Gasteiger partial charge on any atom is -0.378 e. The largest absolute Gasteiger partial charge is 0.378 e. The van der Waals surface area contributed by atoms with Crippen LogP contribution < -0.4 is 9.50 Å². The number of nitro benzene ring substituents is 1. The molecule has 0 spiro atoms. The van der Waals surface area contributed by atoms with E-state index in [4.69, 9.17) is 16.4 Å². The third-order valence-electron chi connectivity index (χ3n) is 3.38. The van der Waals surface area contributed by atoms with E-state index in [9.17, 15) is 23.3 Å². The van der Waals surface area contributed by atoms with Crippen LogP contribution in [-0.4, -0.2) is 23.6 Å². The van der Waals surface area contributed by atoms with Gasteiger partial charge in [0.25, 0.3) is 11.6 Å². The van der Waals surface area contributed by atoms with Crippen LogP contribution >= 0.6 is 24.0 Å². The molecule has 11 heteroatoms. The quantitative estimate of drug-likeness (QED) is 0.257. The fourth-order valence-electron chi connectivity index (χ4n) is 2.22. The SMILES string of the molecule is O=C1NC(=S)S/C1=C\c1ccccc1OS(=O)(=O)c1ccccc1[N+](=O)[O-]. The highest BCUT2D eigenvalue weighted by atomic mass is 32.2. The summed E-state index contributed by atoms with van der Waals surface area (Å²) >= 11 is 5.95. The Morgan fingerprint density at radius 3 is 2.48 bits per heavy atom. The highest BCUT2D eigenvalue weighted by Gasteiger charge is 2.28. The minimum absolute atomic E-state index is 0.0747. The number of hydrogen-bond acceptors (Lipinski definition) is 8. The molecule has 1 N–H and O–H groups in total. The molecule has 0 aromatic heterocycles. The van der Waals surface area contributed by atoms with Gasteiger partial charge in [0, 0.05) is 11.6 Å². The molecule has 1 aliphatic heterocycles. The van der Waals surface area contributed by atoms with Gasteiger partial charge in [-0.25, -0.2) is 0 Å². The Balaban J connectivity index is 2.00. The van der Waals surface area contributed by atoms with Gasteiger partial charge in [-0.1, -0.05) is 54.3 Å². The van der Waals surface area contributed by atoms with Crippen LogP contribution in [0.4, 0.5) is 5.69 Å². The van der Waals surface area contributed by atoms with Crippen molar-refractivity contribution in [3.63, 3.8) is 0 Å². The summed E-state index contributed by atoms with van der Waals surface area (Å²) in [5.74, 6) is -0.476. The lowest BCUT2D eigenvalue weighted by Gasteiger charge is -2.10. The summed E-state index contributed by atoms with van der Waals surface area (Å²) in [4.78, 5) is 21.8. The third kappa shape index (κ3) is 4.15. The number of nitro groups is 1. The number of thiocarbonyl (C=S) groups is 1. The summed E-state index contributed by atoms with van der Waals surface area (Å²) in [5, 5.41) is 13.6. The Kier molecular flexibility index (Phi) is 5.26. The first-order chi connectivity index (χ1) is 12.8. The first kappa shape index (κ1) is 19.0. The molecule has 0 unspecified atom stereocenters. The minimum atomic E-state index is -4.47. The van der Waals surface area contributed by atoms with Gasteiger partial charge in [-0.05, 0) is 18.2 Å². The van der Waals surface area contributed by atoms with Crippen LogP contribution in [0, 0.1) is 10.1 Å². The maximum absolute atomic E-state index is 12.6. The fourth-order valence-corrected chi connectivity index (χ4v) is 4.38. The zero-order valence-electron chi connectivity index (χ0n) is 13.3. The number of carbonyl (C=O) groups excluding carboxylic acids is 1. The van der Waals surface area contributed by atoms with Crippen LogP contribution in [-0.2, 0) is 14.9 Å². The average Bonchev–Trinajstić information content (AvgIpc) is 2.93. The molecule has 0 radical (unpaired) electrons. The molecule has 8 nitrogen and oxygen atoms in total.